The zero-order chi connectivity index (χ0) is 12.8. The van der Waals surface area contributed by atoms with Gasteiger partial charge in [-0.15, -0.1) is 0 Å². The van der Waals surface area contributed by atoms with E-state index in [0.29, 0.717) is 0 Å². The number of aliphatic hydroxyl groups is 2. The summed E-state index contributed by atoms with van der Waals surface area (Å²) in [5.74, 6) is 0. The number of nitrogens with zero attached hydrogens (tertiary/aromatic N) is 2. The first-order chi connectivity index (χ1) is 8.19. The Balaban J connectivity index is 2.87. The van der Waals surface area contributed by atoms with Crippen LogP contribution in [0.1, 0.15) is 0 Å². The van der Waals surface area contributed by atoms with Crippen molar-refractivity contribution < 1.29 is 29.4 Å². The third-order valence-electron chi connectivity index (χ3n) is 2.40. The Labute approximate surface area is 100.0 Å². The molecule has 5 atom stereocenters. The molecule has 1 aliphatic rings. The maximum atomic E-state index is 9.83. The van der Waals surface area contributed by atoms with Crippen LogP contribution < -0.4 is 0 Å². The second-order valence-corrected chi connectivity index (χ2v) is 3.30. The van der Waals surface area contributed by atoms with Crippen molar-refractivity contribution in [2.45, 2.75) is 30.7 Å². The van der Waals surface area contributed by atoms with Crippen LogP contribution in [-0.4, -0.2) is 69.9 Å². The second-order valence-electron chi connectivity index (χ2n) is 3.30. The molecule has 92 valence electrons. The van der Waals surface area contributed by atoms with Gasteiger partial charge < -0.3 is 0 Å². The van der Waals surface area contributed by atoms with Crippen LogP contribution in [0.3, 0.4) is 0 Å². The Morgan fingerprint density at radius 2 is 1.82 bits per heavy atom. The van der Waals surface area contributed by atoms with Crippen LogP contribution in [-0.2, 0) is 19.1 Å². The summed E-state index contributed by atoms with van der Waals surface area (Å²) >= 11 is 0. The molecular weight excluding hydrogens is 230 g/mol. The maximum absolute atomic E-state index is 9.83. The fourth-order valence-corrected chi connectivity index (χ4v) is 1.60. The molecule has 10 heteroatoms. The monoisotopic (exact) mass is 242 g/mol. The molecule has 17 heavy (non-hydrogen) atoms. The molecule has 0 aromatic heterocycles. The fourth-order valence-electron chi connectivity index (χ4n) is 1.60. The van der Waals surface area contributed by atoms with Crippen LogP contribution in [0.5, 0.6) is 0 Å². The number of aliphatic hydroxyl groups excluding tert-OH is 2. The van der Waals surface area contributed by atoms with Gasteiger partial charge in [0.15, 0.2) is 0 Å². The fraction of sp³-hybridized carbons (Fsp3) is 1.00. The number of hydrogen-bond acceptors (Lipinski definition) is 8. The predicted octanol–water partition coefficient (Wildman–Crippen LogP) is -1.98. The van der Waals surface area contributed by atoms with Crippen molar-refractivity contribution in [1.29, 1.82) is 0 Å². The number of hydrogen-bond donors (Lipinski definition) is 2. The van der Waals surface area contributed by atoms with Crippen LogP contribution >= 0.6 is 0 Å². The Hall–Kier alpha value is -0.830. The van der Waals surface area contributed by atoms with E-state index in [1.54, 1.807) is 0 Å². The average Bonchev–Trinajstić information content (AvgIpc) is 2.34. The molecule has 1 rings (SSSR count). The summed E-state index contributed by atoms with van der Waals surface area (Å²) in [6.07, 6.45) is -5.05. The van der Waals surface area contributed by atoms with Gasteiger partial charge in [-0.25, -0.2) is 0 Å². The standard InChI is InChI=1S/C7H12B2N2O6/c1-14-7-6(17-11-9)5(16-10-8)4(13)3(2-12)15-7/h3-7,12-13H,2H2,1H3/t3?,4-,5+,6?,7+/m1/s1. The first-order valence-electron chi connectivity index (χ1n) is 4.78. The van der Waals surface area contributed by atoms with Gasteiger partial charge in [-0.05, 0) is 0 Å². The van der Waals surface area contributed by atoms with Gasteiger partial charge in [-0.1, -0.05) is 0 Å². The molecule has 1 heterocycles. The van der Waals surface area contributed by atoms with Gasteiger partial charge in [0.2, 0.25) is 0 Å². The summed E-state index contributed by atoms with van der Waals surface area (Å²) in [5.41, 5.74) is 0. The summed E-state index contributed by atoms with van der Waals surface area (Å²) in [5, 5.41) is 24.8. The van der Waals surface area contributed by atoms with Crippen LogP contribution in [0.25, 0.3) is 0 Å². The van der Waals surface area contributed by atoms with Gasteiger partial charge >= 0.3 is 99.2 Å². The van der Waals surface area contributed by atoms with Crippen molar-refractivity contribution in [3.8, 4) is 0 Å². The minimum atomic E-state index is -1.22. The molecule has 8 nitrogen and oxygen atoms in total. The van der Waals surface area contributed by atoms with Crippen molar-refractivity contribution in [1.82, 2.24) is 0 Å². The van der Waals surface area contributed by atoms with Crippen molar-refractivity contribution in [3.05, 3.63) is 0 Å². The molecule has 2 N–H and O–H groups in total. The zero-order valence-electron chi connectivity index (χ0n) is 9.17. The molecule has 2 unspecified atom stereocenters. The molecule has 0 aromatic carbocycles. The second kappa shape index (κ2) is 6.80. The Morgan fingerprint density at radius 3 is 2.29 bits per heavy atom. The van der Waals surface area contributed by atoms with E-state index in [0.717, 1.165) is 0 Å². The van der Waals surface area contributed by atoms with E-state index in [2.05, 4.69) is 10.1 Å². The van der Waals surface area contributed by atoms with Gasteiger partial charge in [-0.2, -0.15) is 0 Å². The molecule has 2 radical (unpaired) electrons. The normalized spacial score (nSPS) is 37.1. The van der Waals surface area contributed by atoms with Gasteiger partial charge in [0, 0.05) is 0 Å². The van der Waals surface area contributed by atoms with E-state index in [9.17, 15) is 5.11 Å². The molecule has 0 spiro atoms. The van der Waals surface area contributed by atoms with Gasteiger partial charge in [-0.3, -0.25) is 0 Å². The van der Waals surface area contributed by atoms with Crippen molar-refractivity contribution in [3.63, 3.8) is 0 Å². The first-order valence-corrected chi connectivity index (χ1v) is 4.78. The number of methoxy groups -OCH3 is 1. The van der Waals surface area contributed by atoms with Crippen LogP contribution in [0.2, 0.25) is 0 Å². The average molecular weight is 242 g/mol. The van der Waals surface area contributed by atoms with E-state index in [1.165, 1.54) is 7.11 Å². The van der Waals surface area contributed by atoms with E-state index in [-0.39, 0.29) is 0 Å². The molecule has 1 fully saturated rings. The molecule has 0 aliphatic carbocycles. The Morgan fingerprint density at radius 1 is 1.24 bits per heavy atom. The van der Waals surface area contributed by atoms with Crippen molar-refractivity contribution in [2.24, 2.45) is 10.1 Å². The van der Waals surface area contributed by atoms with Gasteiger partial charge in [0.1, 0.15) is 0 Å². The van der Waals surface area contributed by atoms with Crippen LogP contribution in [0.15, 0.2) is 10.1 Å². The van der Waals surface area contributed by atoms with Gasteiger partial charge in [0.05, 0.1) is 0 Å². The quantitative estimate of drug-likeness (QED) is 0.413. The Bertz CT molecular complexity index is 271. The summed E-state index contributed by atoms with van der Waals surface area (Å²) in [4.78, 5) is 9.55. The predicted molar refractivity (Wildman–Crippen MR) is 54.9 cm³/mol. The summed E-state index contributed by atoms with van der Waals surface area (Å²) in [7, 11) is 11.1. The Kier molecular flexibility index (Phi) is 5.69. The molecule has 0 saturated carbocycles. The van der Waals surface area contributed by atoms with Crippen LogP contribution in [0.4, 0.5) is 0 Å². The topological polar surface area (TPSA) is 102 Å². The zero-order valence-corrected chi connectivity index (χ0v) is 9.17. The van der Waals surface area contributed by atoms with E-state index in [4.69, 9.17) is 39.5 Å². The number of rotatable bonds is 6. The summed E-state index contributed by atoms with van der Waals surface area (Å²) < 4.78 is 10.2. The molecular formula is C7H12B2N2O6. The SMILES string of the molecule is [B]=NOC1[C@@H](OC)OC(CO)[C@@H](O)[C@@H]1ON=[B]. The minimum absolute atomic E-state index is 0.433. The number of ether oxygens (including phenoxy) is 2. The van der Waals surface area contributed by atoms with Crippen molar-refractivity contribution >= 4 is 15.3 Å². The van der Waals surface area contributed by atoms with Crippen molar-refractivity contribution in [2.75, 3.05) is 13.7 Å². The van der Waals surface area contributed by atoms with Gasteiger partial charge in [0.25, 0.3) is 0 Å². The molecule has 0 bridgehead atoms. The third kappa shape index (κ3) is 3.09. The van der Waals surface area contributed by atoms with E-state index in [1.807, 2.05) is 0 Å². The first kappa shape index (κ1) is 14.2. The molecule has 1 aliphatic heterocycles. The summed E-state index contributed by atoms with van der Waals surface area (Å²) in [6, 6.07) is 0. The molecule has 1 saturated heterocycles. The third-order valence-corrected chi connectivity index (χ3v) is 2.40. The van der Waals surface area contributed by atoms with E-state index >= 15 is 0 Å². The molecule has 0 aromatic rings. The van der Waals surface area contributed by atoms with Crippen LogP contribution in [0, 0.1) is 0 Å². The molecule has 0 amide bonds. The van der Waals surface area contributed by atoms with E-state index < -0.39 is 37.3 Å². The summed E-state index contributed by atoms with van der Waals surface area (Å²) in [6.45, 7) is -0.433.